The van der Waals surface area contributed by atoms with E-state index in [4.69, 9.17) is 40.0 Å². The van der Waals surface area contributed by atoms with Crippen molar-refractivity contribution in [1.29, 1.82) is 0 Å². The molecule has 2 heterocycles. The molecular formula is C69H77ClN6O10. The molecule has 0 spiro atoms. The summed E-state index contributed by atoms with van der Waals surface area (Å²) in [6.45, 7) is 7.55. The number of halogens is 1. The lowest BCUT2D eigenvalue weighted by Gasteiger charge is -2.48. The smallest absolute Gasteiger partial charge is 0.319 e. The summed E-state index contributed by atoms with van der Waals surface area (Å²) in [7, 11) is 0. The number of nitrogens with one attached hydrogen (secondary N) is 4. The van der Waals surface area contributed by atoms with Crippen LogP contribution in [-0.4, -0.2) is 109 Å². The van der Waals surface area contributed by atoms with E-state index < -0.39 is 60.8 Å². The molecular weight excluding hydrogens is 1110 g/mol. The highest BCUT2D eigenvalue weighted by molar-refractivity contribution is 6.34. The number of carbonyl (C=O) groups is 4. The van der Waals surface area contributed by atoms with Gasteiger partial charge in [0.1, 0.15) is 24.4 Å². The standard InChI is InChI=1S/C69H77ClN6O10/c1-4-36-75-58(60(81-42-49-24-12-6-13-25-49)62(83-44-51-28-16-8-17-29-51)64(66(75)77)85-46-53-32-20-10-21-33-53)40-71-68(79)73-56-39-57(55(70)38-48(56)3)74-69(80)72-41-59-61(82-43-50-26-14-7-15-27-50)63(84-45-52-30-18-9-19-31-52)65(67(78)76(59)37-5-2)86-47-54-34-22-11-23-35-54/h6-35,38-39,58-65H,4-5,36-37,40-47H2,1-3H3,(H2,71,73,79)(H2,72,74,80)/t58-,59-,60-,61-,62+,63+,64-,65-/m1/s1. The van der Waals surface area contributed by atoms with Crippen LogP contribution in [0.15, 0.2) is 194 Å². The van der Waals surface area contributed by atoms with E-state index in [0.717, 1.165) is 33.4 Å². The Labute approximate surface area is 509 Å². The topological polar surface area (TPSA) is 178 Å². The Morgan fingerprint density at radius 1 is 0.419 bits per heavy atom. The minimum absolute atomic E-state index is 0.0133. The van der Waals surface area contributed by atoms with Gasteiger partial charge >= 0.3 is 12.1 Å². The molecule has 86 heavy (non-hydrogen) atoms. The van der Waals surface area contributed by atoms with Gasteiger partial charge < -0.3 is 59.5 Å². The average Bonchev–Trinajstić information content (AvgIpc) is 1.60. The van der Waals surface area contributed by atoms with E-state index in [0.29, 0.717) is 37.2 Å². The second-order valence-electron chi connectivity index (χ2n) is 21.5. The Morgan fingerprint density at radius 3 is 1.02 bits per heavy atom. The van der Waals surface area contributed by atoms with E-state index in [1.54, 1.807) is 28.9 Å². The van der Waals surface area contributed by atoms with E-state index in [1.165, 1.54) is 0 Å². The van der Waals surface area contributed by atoms with Crippen LogP contribution in [0.2, 0.25) is 5.02 Å². The van der Waals surface area contributed by atoms with Crippen molar-refractivity contribution in [2.75, 3.05) is 36.8 Å². The fourth-order valence-electron chi connectivity index (χ4n) is 10.9. The van der Waals surface area contributed by atoms with Gasteiger partial charge in [-0.2, -0.15) is 0 Å². The first-order chi connectivity index (χ1) is 42.1. The van der Waals surface area contributed by atoms with Crippen LogP contribution in [0, 0.1) is 6.92 Å². The number of benzene rings is 7. The van der Waals surface area contributed by atoms with Gasteiger partial charge in [-0.3, -0.25) is 9.59 Å². The minimum Gasteiger partial charge on any atom is -0.368 e. The molecule has 2 aliphatic heterocycles. The lowest BCUT2D eigenvalue weighted by molar-refractivity contribution is -0.208. The molecule has 4 N–H and O–H groups in total. The van der Waals surface area contributed by atoms with Crippen LogP contribution in [-0.2, 0) is 77.7 Å². The maximum absolute atomic E-state index is 14.8. The molecule has 0 aliphatic carbocycles. The zero-order chi connectivity index (χ0) is 60.0. The van der Waals surface area contributed by atoms with Crippen molar-refractivity contribution in [3.8, 4) is 0 Å². The number of likely N-dealkylation sites (tertiary alicyclic amines) is 2. The zero-order valence-corrected chi connectivity index (χ0v) is 49.7. The molecule has 7 aromatic rings. The SMILES string of the molecule is CCCN1C(=O)[C@H](OCc2ccccc2)[C@@H](OCc2ccccc2)[C@H](OCc2ccccc2)[C@H]1CNC(=O)Nc1cc(NC(=O)NC[C@@H]2[C@@H](OCc3ccccc3)[C@H](OCc3ccccc3)[C@@H](OCc3ccccc3)C(=O)N2CCC)c(Cl)cc1C. The quantitative estimate of drug-likeness (QED) is 0.0369. The number of anilines is 2. The summed E-state index contributed by atoms with van der Waals surface area (Å²) in [6, 6.07) is 58.9. The van der Waals surface area contributed by atoms with Crippen LogP contribution in [0.5, 0.6) is 0 Å². The third-order valence-electron chi connectivity index (χ3n) is 15.2. The van der Waals surface area contributed by atoms with Gasteiger partial charge in [0.15, 0.2) is 12.2 Å². The molecule has 9 rings (SSSR count). The molecule has 0 unspecified atom stereocenters. The lowest BCUT2D eigenvalue weighted by atomic mass is 9.91. The average molecular weight is 1190 g/mol. The molecule has 2 saturated heterocycles. The van der Waals surface area contributed by atoms with E-state index in [2.05, 4.69) is 21.3 Å². The van der Waals surface area contributed by atoms with Crippen molar-refractivity contribution in [3.05, 3.63) is 238 Å². The van der Waals surface area contributed by atoms with Crippen molar-refractivity contribution in [1.82, 2.24) is 20.4 Å². The molecule has 0 radical (unpaired) electrons. The van der Waals surface area contributed by atoms with Crippen molar-refractivity contribution in [3.63, 3.8) is 0 Å². The summed E-state index contributed by atoms with van der Waals surface area (Å²) in [5.74, 6) is -0.549. The van der Waals surface area contributed by atoms with Crippen LogP contribution in [0.25, 0.3) is 0 Å². The lowest BCUT2D eigenvalue weighted by Crippen LogP contribution is -2.68. The predicted molar refractivity (Wildman–Crippen MR) is 332 cm³/mol. The summed E-state index contributed by atoms with van der Waals surface area (Å²) in [5, 5.41) is 12.1. The predicted octanol–water partition coefficient (Wildman–Crippen LogP) is 11.6. The van der Waals surface area contributed by atoms with Gasteiger partial charge in [0.2, 0.25) is 0 Å². The van der Waals surface area contributed by atoms with E-state index >= 15 is 0 Å². The first kappa shape index (κ1) is 62.6. The summed E-state index contributed by atoms with van der Waals surface area (Å²) < 4.78 is 40.2. The van der Waals surface area contributed by atoms with E-state index in [-0.39, 0.29) is 75.3 Å². The monoisotopic (exact) mass is 1180 g/mol. The number of aryl methyl sites for hydroxylation is 1. The van der Waals surface area contributed by atoms with Gasteiger partial charge in [-0.1, -0.05) is 207 Å². The number of piperidine rings is 2. The minimum atomic E-state index is -1.03. The van der Waals surface area contributed by atoms with E-state index in [1.807, 2.05) is 196 Å². The Morgan fingerprint density at radius 2 is 0.709 bits per heavy atom. The Hall–Kier alpha value is -7.93. The molecule has 17 heteroatoms. The number of urea groups is 2. The van der Waals surface area contributed by atoms with Crippen LogP contribution in [0.3, 0.4) is 0 Å². The maximum atomic E-state index is 14.8. The number of carbonyl (C=O) groups excluding carboxylic acids is 4. The maximum Gasteiger partial charge on any atom is 0.319 e. The van der Waals surface area contributed by atoms with Crippen molar-refractivity contribution >= 4 is 46.9 Å². The number of ether oxygens (including phenoxy) is 6. The van der Waals surface area contributed by atoms with Crippen molar-refractivity contribution in [2.24, 2.45) is 0 Å². The van der Waals surface area contributed by atoms with E-state index in [9.17, 15) is 19.2 Å². The van der Waals surface area contributed by atoms with Crippen LogP contribution in [0.1, 0.15) is 65.6 Å². The fraction of sp³-hybridized carbons (Fsp3) is 0.333. The molecule has 16 nitrogen and oxygen atoms in total. The molecule has 0 bridgehead atoms. The Balaban J connectivity index is 0.921. The molecule has 8 atom stereocenters. The van der Waals surface area contributed by atoms with Gasteiger partial charge in [-0.15, -0.1) is 0 Å². The summed E-state index contributed by atoms with van der Waals surface area (Å²) >= 11 is 6.84. The van der Waals surface area contributed by atoms with Crippen LogP contribution < -0.4 is 21.3 Å². The summed E-state index contributed by atoms with van der Waals surface area (Å²) in [5.41, 5.74) is 6.65. The van der Waals surface area contributed by atoms with Gasteiger partial charge in [-0.05, 0) is 70.8 Å². The third-order valence-corrected chi connectivity index (χ3v) is 15.5. The number of amides is 6. The highest BCUT2D eigenvalue weighted by atomic mass is 35.5. The fourth-order valence-corrected chi connectivity index (χ4v) is 11.2. The first-order valence-corrected chi connectivity index (χ1v) is 29.9. The van der Waals surface area contributed by atoms with Crippen molar-refractivity contribution < 1.29 is 47.6 Å². The number of hydrogen-bond donors (Lipinski definition) is 4. The van der Waals surface area contributed by atoms with Gasteiger partial charge in [0.05, 0.1) is 62.4 Å². The molecule has 0 aromatic heterocycles. The van der Waals surface area contributed by atoms with Crippen LogP contribution in [0.4, 0.5) is 21.0 Å². The number of hydrogen-bond acceptors (Lipinski definition) is 10. The molecule has 2 fully saturated rings. The van der Waals surface area contributed by atoms with Gasteiger partial charge in [0.25, 0.3) is 11.8 Å². The van der Waals surface area contributed by atoms with Gasteiger partial charge in [-0.25, -0.2) is 9.59 Å². The van der Waals surface area contributed by atoms with Crippen molar-refractivity contribution in [2.45, 2.75) is 122 Å². The largest absolute Gasteiger partial charge is 0.368 e. The molecule has 2 aliphatic rings. The second kappa shape index (κ2) is 32.0. The third kappa shape index (κ3) is 17.2. The number of nitrogens with zero attached hydrogens (tertiary/aromatic N) is 2. The summed E-state index contributed by atoms with van der Waals surface area (Å²) in [6.07, 6.45) is -4.10. The first-order valence-electron chi connectivity index (χ1n) is 29.5. The Bertz CT molecular complexity index is 3020. The highest BCUT2D eigenvalue weighted by Crippen LogP contribution is 2.33. The van der Waals surface area contributed by atoms with Gasteiger partial charge in [0, 0.05) is 31.9 Å². The highest BCUT2D eigenvalue weighted by Gasteiger charge is 2.52. The second-order valence-corrected chi connectivity index (χ2v) is 21.9. The normalized spacial score (nSPS) is 20.3. The molecule has 0 saturated carbocycles. The van der Waals surface area contributed by atoms with Crippen LogP contribution >= 0.6 is 11.6 Å². The molecule has 6 amide bonds. The molecule has 450 valence electrons. The zero-order valence-electron chi connectivity index (χ0n) is 48.9. The molecule has 7 aromatic carbocycles. The number of rotatable bonds is 28. The Kier molecular flexibility index (Phi) is 23.3. The summed E-state index contributed by atoms with van der Waals surface area (Å²) in [4.78, 5) is 61.5.